The Morgan fingerprint density at radius 2 is 1.70 bits per heavy atom. The quantitative estimate of drug-likeness (QED) is 0.748. The number of rotatable bonds is 1. The van der Waals surface area contributed by atoms with Crippen LogP contribution in [0.15, 0.2) is 54.6 Å². The minimum Gasteiger partial charge on any atom is -0.286 e. The van der Waals surface area contributed by atoms with Gasteiger partial charge in [0.25, 0.3) is 5.82 Å². The summed E-state index contributed by atoms with van der Waals surface area (Å²) >= 11 is 0. The molecule has 0 fully saturated rings. The Kier molecular flexibility index (Phi) is 3.09. The third kappa shape index (κ3) is 2.08. The Morgan fingerprint density at radius 3 is 2.48 bits per heavy atom. The minimum absolute atomic E-state index is 0.432. The molecule has 0 aliphatic heterocycles. The molecular formula is C20H16N3+. The normalized spacial score (nSPS) is 12.1. The van der Waals surface area contributed by atoms with Crippen LogP contribution in [0.4, 0.5) is 5.82 Å². The van der Waals surface area contributed by atoms with Gasteiger partial charge >= 0.3 is 0 Å². The Morgan fingerprint density at radius 1 is 0.957 bits per heavy atom. The van der Waals surface area contributed by atoms with Crippen LogP contribution < -0.4 is 10.7 Å². The van der Waals surface area contributed by atoms with Crippen molar-refractivity contribution in [2.24, 2.45) is 0 Å². The lowest BCUT2D eigenvalue weighted by Gasteiger charge is -2.21. The fourth-order valence-electron chi connectivity index (χ4n) is 3.44. The third-order valence-electron chi connectivity index (χ3n) is 4.49. The van der Waals surface area contributed by atoms with Gasteiger partial charge in [0.05, 0.1) is 0 Å². The van der Waals surface area contributed by atoms with Crippen LogP contribution in [-0.4, -0.2) is 0 Å². The van der Waals surface area contributed by atoms with Crippen molar-refractivity contribution in [2.45, 2.75) is 12.8 Å². The van der Waals surface area contributed by atoms with Gasteiger partial charge in [0.2, 0.25) is 0 Å². The van der Waals surface area contributed by atoms with Crippen LogP contribution in [0.25, 0.3) is 22.4 Å². The zero-order chi connectivity index (χ0) is 15.8. The molecule has 0 saturated heterocycles. The van der Waals surface area contributed by atoms with Crippen LogP contribution in [0, 0.1) is 11.3 Å². The lowest BCUT2D eigenvalue weighted by Crippen LogP contribution is -2.22. The average molecular weight is 298 g/mol. The van der Waals surface area contributed by atoms with Crippen molar-refractivity contribution < 1.29 is 4.98 Å². The van der Waals surface area contributed by atoms with Crippen molar-refractivity contribution >= 4 is 5.82 Å². The van der Waals surface area contributed by atoms with Crippen LogP contribution in [0.5, 0.6) is 0 Å². The number of nitrogens with one attached hydrogen (secondary N) is 1. The summed E-state index contributed by atoms with van der Waals surface area (Å²) < 4.78 is 0. The summed E-state index contributed by atoms with van der Waals surface area (Å²) in [4.78, 5) is 3.27. The number of aromatic nitrogens is 1. The molecule has 23 heavy (non-hydrogen) atoms. The first kappa shape index (κ1) is 13.5. The van der Waals surface area contributed by atoms with Gasteiger partial charge in [-0.3, -0.25) is 5.73 Å². The highest BCUT2D eigenvalue weighted by Gasteiger charge is 2.27. The summed E-state index contributed by atoms with van der Waals surface area (Å²) in [6, 6.07) is 20.7. The molecule has 3 nitrogen and oxygen atoms in total. The highest BCUT2D eigenvalue weighted by molar-refractivity contribution is 5.83. The first-order chi connectivity index (χ1) is 11.3. The smallest absolute Gasteiger partial charge is 0.286 e. The summed E-state index contributed by atoms with van der Waals surface area (Å²) in [5.41, 5.74) is 13.4. The Labute approximate surface area is 135 Å². The molecule has 1 aliphatic carbocycles. The molecule has 1 aromatic heterocycles. The topological polar surface area (TPSA) is 64.0 Å². The summed E-state index contributed by atoms with van der Waals surface area (Å²) in [6.07, 6.45) is 1.88. The molecule has 3 aromatic rings. The number of aryl methyl sites for hydroxylation is 1. The standard InChI is InChI=1S/C20H15N3/c21-12-17-18(14-7-2-1-3-8-14)16-11-10-13-6-4-5-9-15(13)19(16)23-20(17)22/h1-9H,10-11H2,(H2,22,23)/p+1. The number of nitriles is 1. The molecule has 0 bridgehead atoms. The van der Waals surface area contributed by atoms with Gasteiger partial charge in [0, 0.05) is 16.7 Å². The van der Waals surface area contributed by atoms with Crippen molar-refractivity contribution in [1.82, 2.24) is 0 Å². The molecule has 3 heteroatoms. The lowest BCUT2D eigenvalue weighted by atomic mass is 9.83. The van der Waals surface area contributed by atoms with Crippen LogP contribution in [-0.2, 0) is 12.8 Å². The number of fused-ring (bicyclic) bond motifs is 3. The summed E-state index contributed by atoms with van der Waals surface area (Å²) in [5.74, 6) is 0.432. The van der Waals surface area contributed by atoms with E-state index in [4.69, 9.17) is 5.73 Å². The number of H-pyrrole nitrogens is 1. The number of nitrogen functional groups attached to an aromatic ring is 1. The second-order valence-electron chi connectivity index (χ2n) is 5.78. The maximum Gasteiger partial charge on any atom is 0.289 e. The van der Waals surface area contributed by atoms with E-state index >= 15 is 0 Å². The molecule has 1 aliphatic rings. The number of hydrogen-bond acceptors (Lipinski definition) is 2. The maximum absolute atomic E-state index is 9.61. The van der Waals surface area contributed by atoms with Gasteiger partial charge in [0.1, 0.15) is 17.3 Å². The van der Waals surface area contributed by atoms with E-state index in [1.807, 2.05) is 36.4 Å². The molecule has 0 radical (unpaired) electrons. The molecule has 4 rings (SSSR count). The lowest BCUT2D eigenvalue weighted by molar-refractivity contribution is -0.347. The monoisotopic (exact) mass is 298 g/mol. The highest BCUT2D eigenvalue weighted by Crippen LogP contribution is 2.38. The van der Waals surface area contributed by atoms with E-state index in [-0.39, 0.29) is 0 Å². The number of nitrogens with two attached hydrogens (primary N) is 1. The highest BCUT2D eigenvalue weighted by atomic mass is 14.9. The van der Waals surface area contributed by atoms with E-state index in [1.54, 1.807) is 0 Å². The SMILES string of the molecule is N#Cc1c(N)[nH+]c2c(c1-c1ccccc1)CCc1ccccc1-2. The molecule has 2 aromatic carbocycles. The average Bonchev–Trinajstić information content (AvgIpc) is 2.61. The van der Waals surface area contributed by atoms with Crippen molar-refractivity contribution in [3.05, 3.63) is 71.3 Å². The van der Waals surface area contributed by atoms with E-state index in [0.717, 1.165) is 29.7 Å². The van der Waals surface area contributed by atoms with Gasteiger partial charge in [-0.1, -0.05) is 54.6 Å². The molecule has 110 valence electrons. The molecule has 0 saturated carbocycles. The van der Waals surface area contributed by atoms with Gasteiger partial charge in [-0.05, 0) is 24.0 Å². The van der Waals surface area contributed by atoms with Crippen LogP contribution in [0.3, 0.4) is 0 Å². The van der Waals surface area contributed by atoms with Crippen LogP contribution in [0.1, 0.15) is 16.7 Å². The predicted octanol–water partition coefficient (Wildman–Crippen LogP) is 3.39. The first-order valence-electron chi connectivity index (χ1n) is 7.71. The molecule has 0 amide bonds. The second-order valence-corrected chi connectivity index (χ2v) is 5.78. The molecule has 0 spiro atoms. The number of aromatic amines is 1. The summed E-state index contributed by atoms with van der Waals surface area (Å²) in [5, 5.41) is 9.61. The van der Waals surface area contributed by atoms with Crippen molar-refractivity contribution in [1.29, 1.82) is 5.26 Å². The van der Waals surface area contributed by atoms with E-state index < -0.39 is 0 Å². The maximum atomic E-state index is 9.61. The van der Waals surface area contributed by atoms with E-state index in [2.05, 4.69) is 29.3 Å². The van der Waals surface area contributed by atoms with Crippen molar-refractivity contribution in [3.63, 3.8) is 0 Å². The molecular weight excluding hydrogens is 282 g/mol. The van der Waals surface area contributed by atoms with Crippen molar-refractivity contribution in [2.75, 3.05) is 5.73 Å². The Hall–Kier alpha value is -3.12. The number of anilines is 1. The Bertz CT molecular complexity index is 937. The van der Waals surface area contributed by atoms with Crippen LogP contribution in [0.2, 0.25) is 0 Å². The molecule has 1 heterocycles. The zero-order valence-electron chi connectivity index (χ0n) is 12.6. The number of nitrogens with zero attached hydrogens (tertiary/aromatic N) is 1. The molecule has 3 N–H and O–H groups in total. The summed E-state index contributed by atoms with van der Waals surface area (Å²) in [6.45, 7) is 0. The van der Waals surface area contributed by atoms with Crippen LogP contribution >= 0.6 is 0 Å². The Balaban J connectivity index is 2.08. The van der Waals surface area contributed by atoms with Gasteiger partial charge in [-0.2, -0.15) is 5.26 Å². The van der Waals surface area contributed by atoms with Gasteiger partial charge in [-0.15, -0.1) is 0 Å². The first-order valence-corrected chi connectivity index (χ1v) is 7.71. The van der Waals surface area contributed by atoms with Gasteiger partial charge < -0.3 is 0 Å². The van der Waals surface area contributed by atoms with Crippen molar-refractivity contribution in [3.8, 4) is 28.5 Å². The minimum atomic E-state index is 0.432. The molecule has 0 atom stereocenters. The van der Waals surface area contributed by atoms with E-state index in [9.17, 15) is 5.26 Å². The van der Waals surface area contributed by atoms with E-state index in [0.29, 0.717) is 11.4 Å². The van der Waals surface area contributed by atoms with Gasteiger partial charge in [0.15, 0.2) is 0 Å². The fourth-order valence-corrected chi connectivity index (χ4v) is 3.44. The number of benzene rings is 2. The molecule has 0 unspecified atom stereocenters. The number of pyridine rings is 1. The zero-order valence-corrected chi connectivity index (χ0v) is 12.6. The predicted molar refractivity (Wildman–Crippen MR) is 90.4 cm³/mol. The second kappa shape index (κ2) is 5.26. The van der Waals surface area contributed by atoms with Gasteiger partial charge in [-0.25, -0.2) is 4.98 Å². The third-order valence-corrected chi connectivity index (χ3v) is 4.49. The van der Waals surface area contributed by atoms with E-state index in [1.165, 1.54) is 16.7 Å². The summed E-state index contributed by atoms with van der Waals surface area (Å²) in [7, 11) is 0. The largest absolute Gasteiger partial charge is 0.289 e. The number of hydrogen-bond donors (Lipinski definition) is 1. The fraction of sp³-hybridized carbons (Fsp3) is 0.100.